The lowest BCUT2D eigenvalue weighted by atomic mass is 10.2. The van der Waals surface area contributed by atoms with Crippen molar-refractivity contribution in [2.45, 2.75) is 33.3 Å². The molecule has 0 aliphatic carbocycles. The molecule has 2 N–H and O–H groups in total. The van der Waals surface area contributed by atoms with Crippen LogP contribution in [0.4, 0.5) is 11.4 Å². The van der Waals surface area contributed by atoms with Gasteiger partial charge in [-0.2, -0.15) is 0 Å². The molecule has 1 aromatic heterocycles. The number of carbonyl (C=O) groups excluding carboxylic acids is 2. The Hall–Kier alpha value is -2.34. The monoisotopic (exact) mass is 330 g/mol. The Balaban J connectivity index is 1.79. The topological polar surface area (TPSA) is 67.4 Å². The SMILES string of the molecule is CCc1sc(C(=O)Nc2ccc3c(c2)NC(=O)C(C)O3)cc1C. The minimum atomic E-state index is -0.510. The van der Waals surface area contributed by atoms with Crippen LogP contribution in [0.1, 0.15) is 34.0 Å². The fourth-order valence-corrected chi connectivity index (χ4v) is 3.47. The van der Waals surface area contributed by atoms with Crippen LogP contribution in [0.25, 0.3) is 0 Å². The van der Waals surface area contributed by atoms with Crippen molar-refractivity contribution < 1.29 is 14.3 Å². The molecular weight excluding hydrogens is 312 g/mol. The van der Waals surface area contributed by atoms with Gasteiger partial charge in [-0.25, -0.2) is 0 Å². The molecular formula is C17H18N2O3S. The molecule has 0 spiro atoms. The fraction of sp³-hybridized carbons (Fsp3) is 0.294. The molecule has 2 heterocycles. The number of rotatable bonds is 3. The highest BCUT2D eigenvalue weighted by Crippen LogP contribution is 2.32. The summed E-state index contributed by atoms with van der Waals surface area (Å²) in [4.78, 5) is 25.9. The largest absolute Gasteiger partial charge is 0.479 e. The summed E-state index contributed by atoms with van der Waals surface area (Å²) in [5.41, 5.74) is 2.33. The Morgan fingerprint density at radius 1 is 1.39 bits per heavy atom. The summed E-state index contributed by atoms with van der Waals surface area (Å²) >= 11 is 1.51. The Bertz CT molecular complexity index is 782. The first-order chi connectivity index (χ1) is 11.0. The van der Waals surface area contributed by atoms with E-state index in [-0.39, 0.29) is 11.8 Å². The maximum atomic E-state index is 12.4. The van der Waals surface area contributed by atoms with Gasteiger partial charge in [-0.05, 0) is 50.1 Å². The number of nitrogens with one attached hydrogen (secondary N) is 2. The zero-order valence-electron chi connectivity index (χ0n) is 13.2. The predicted octanol–water partition coefficient (Wildman–Crippen LogP) is 3.59. The molecule has 0 bridgehead atoms. The molecule has 5 nitrogen and oxygen atoms in total. The van der Waals surface area contributed by atoms with E-state index in [1.807, 2.05) is 13.0 Å². The highest BCUT2D eigenvalue weighted by Gasteiger charge is 2.23. The second-order valence-electron chi connectivity index (χ2n) is 5.48. The van der Waals surface area contributed by atoms with Crippen molar-refractivity contribution in [3.05, 3.63) is 39.6 Å². The predicted molar refractivity (Wildman–Crippen MR) is 91.5 cm³/mol. The Kier molecular flexibility index (Phi) is 4.09. The van der Waals surface area contributed by atoms with Crippen LogP contribution in [-0.4, -0.2) is 17.9 Å². The molecule has 1 aliphatic rings. The van der Waals surface area contributed by atoms with Crippen molar-refractivity contribution in [2.75, 3.05) is 10.6 Å². The van der Waals surface area contributed by atoms with Gasteiger partial charge in [0.25, 0.3) is 11.8 Å². The fourth-order valence-electron chi connectivity index (χ4n) is 2.46. The summed E-state index contributed by atoms with van der Waals surface area (Å²) in [5.74, 6) is 0.270. The van der Waals surface area contributed by atoms with E-state index in [1.54, 1.807) is 25.1 Å². The van der Waals surface area contributed by atoms with Gasteiger partial charge >= 0.3 is 0 Å². The van der Waals surface area contributed by atoms with Crippen LogP contribution in [0.3, 0.4) is 0 Å². The van der Waals surface area contributed by atoms with Crippen molar-refractivity contribution in [3.8, 4) is 5.75 Å². The summed E-state index contributed by atoms with van der Waals surface area (Å²) in [6.07, 6.45) is 0.411. The van der Waals surface area contributed by atoms with Crippen LogP contribution in [-0.2, 0) is 11.2 Å². The summed E-state index contributed by atoms with van der Waals surface area (Å²) in [6, 6.07) is 7.13. The number of benzene rings is 1. The van der Waals surface area contributed by atoms with Crippen LogP contribution in [0.2, 0.25) is 0 Å². The molecule has 3 rings (SSSR count). The first-order valence-electron chi connectivity index (χ1n) is 7.50. The molecule has 1 aliphatic heterocycles. The number of anilines is 2. The molecule has 1 unspecified atom stereocenters. The van der Waals surface area contributed by atoms with E-state index in [0.717, 1.165) is 12.0 Å². The van der Waals surface area contributed by atoms with E-state index in [2.05, 4.69) is 17.6 Å². The number of carbonyl (C=O) groups is 2. The molecule has 23 heavy (non-hydrogen) atoms. The molecule has 6 heteroatoms. The van der Waals surface area contributed by atoms with Gasteiger partial charge in [0, 0.05) is 10.6 Å². The number of thiophene rings is 1. The summed E-state index contributed by atoms with van der Waals surface area (Å²) in [5, 5.41) is 5.64. The van der Waals surface area contributed by atoms with Crippen LogP contribution >= 0.6 is 11.3 Å². The van der Waals surface area contributed by atoms with Gasteiger partial charge in [-0.15, -0.1) is 11.3 Å². The third kappa shape index (κ3) is 3.07. The van der Waals surface area contributed by atoms with Crippen molar-refractivity contribution in [1.29, 1.82) is 0 Å². The number of fused-ring (bicyclic) bond motifs is 1. The van der Waals surface area contributed by atoms with Gasteiger partial charge in [-0.1, -0.05) is 6.92 Å². The lowest BCUT2D eigenvalue weighted by Crippen LogP contribution is -2.34. The van der Waals surface area contributed by atoms with Gasteiger partial charge in [-0.3, -0.25) is 9.59 Å². The number of amides is 2. The van der Waals surface area contributed by atoms with Crippen molar-refractivity contribution in [2.24, 2.45) is 0 Å². The first-order valence-corrected chi connectivity index (χ1v) is 8.31. The van der Waals surface area contributed by atoms with Gasteiger partial charge in [0.15, 0.2) is 6.10 Å². The van der Waals surface area contributed by atoms with Crippen molar-refractivity contribution in [3.63, 3.8) is 0 Å². The van der Waals surface area contributed by atoms with Gasteiger partial charge < -0.3 is 15.4 Å². The lowest BCUT2D eigenvalue weighted by molar-refractivity contribution is -0.122. The third-order valence-electron chi connectivity index (χ3n) is 3.73. The molecule has 2 aromatic rings. The average Bonchev–Trinajstić information content (AvgIpc) is 2.90. The number of ether oxygens (including phenoxy) is 1. The van der Waals surface area contributed by atoms with E-state index in [0.29, 0.717) is 22.0 Å². The normalized spacial score (nSPS) is 16.3. The van der Waals surface area contributed by atoms with Gasteiger partial charge in [0.2, 0.25) is 0 Å². The molecule has 0 fully saturated rings. The molecule has 2 amide bonds. The smallest absolute Gasteiger partial charge is 0.265 e. The van der Waals surface area contributed by atoms with E-state index in [1.165, 1.54) is 16.2 Å². The molecule has 120 valence electrons. The third-order valence-corrected chi connectivity index (χ3v) is 5.11. The zero-order valence-corrected chi connectivity index (χ0v) is 14.0. The summed E-state index contributed by atoms with van der Waals surface area (Å²) < 4.78 is 5.50. The maximum absolute atomic E-state index is 12.4. The Morgan fingerprint density at radius 2 is 2.17 bits per heavy atom. The minimum absolute atomic E-state index is 0.144. The summed E-state index contributed by atoms with van der Waals surface area (Å²) in [6.45, 7) is 5.78. The standard InChI is InChI=1S/C17H18N2O3S/c1-4-14-9(2)7-15(23-14)17(21)18-11-5-6-13-12(8-11)19-16(20)10(3)22-13/h5-8,10H,4H2,1-3H3,(H,18,21)(H,19,20). The van der Waals surface area contributed by atoms with Gasteiger partial charge in [0.1, 0.15) is 5.75 Å². The van der Waals surface area contributed by atoms with Crippen LogP contribution in [0.5, 0.6) is 5.75 Å². The molecule has 0 saturated heterocycles. The highest BCUT2D eigenvalue weighted by molar-refractivity contribution is 7.14. The minimum Gasteiger partial charge on any atom is -0.479 e. The number of hydrogen-bond acceptors (Lipinski definition) is 4. The van der Waals surface area contributed by atoms with Gasteiger partial charge in [0.05, 0.1) is 10.6 Å². The van der Waals surface area contributed by atoms with Crippen LogP contribution < -0.4 is 15.4 Å². The number of aryl methyl sites for hydroxylation is 2. The van der Waals surface area contributed by atoms with E-state index >= 15 is 0 Å². The second kappa shape index (κ2) is 6.04. The number of hydrogen-bond donors (Lipinski definition) is 2. The van der Waals surface area contributed by atoms with Crippen LogP contribution in [0.15, 0.2) is 24.3 Å². The Morgan fingerprint density at radius 3 is 2.87 bits per heavy atom. The maximum Gasteiger partial charge on any atom is 0.265 e. The molecule has 1 aromatic carbocycles. The highest BCUT2D eigenvalue weighted by atomic mass is 32.1. The van der Waals surface area contributed by atoms with E-state index in [4.69, 9.17) is 4.74 Å². The van der Waals surface area contributed by atoms with E-state index in [9.17, 15) is 9.59 Å². The summed E-state index contributed by atoms with van der Waals surface area (Å²) in [7, 11) is 0. The first kappa shape index (κ1) is 15.6. The molecule has 0 radical (unpaired) electrons. The molecule has 1 atom stereocenters. The average molecular weight is 330 g/mol. The zero-order chi connectivity index (χ0) is 16.6. The van der Waals surface area contributed by atoms with E-state index < -0.39 is 6.10 Å². The quantitative estimate of drug-likeness (QED) is 0.904. The second-order valence-corrected chi connectivity index (χ2v) is 6.62. The van der Waals surface area contributed by atoms with Crippen LogP contribution in [0, 0.1) is 6.92 Å². The Labute approximate surface area is 138 Å². The van der Waals surface area contributed by atoms with Crippen molar-refractivity contribution in [1.82, 2.24) is 0 Å². The lowest BCUT2D eigenvalue weighted by Gasteiger charge is -2.23. The molecule has 0 saturated carbocycles. The van der Waals surface area contributed by atoms with Crippen molar-refractivity contribution >= 4 is 34.5 Å².